The Bertz CT molecular complexity index is 1010. The molecule has 7 nitrogen and oxygen atoms in total. The number of hydrogen-bond acceptors (Lipinski definition) is 3. The van der Waals surface area contributed by atoms with Gasteiger partial charge in [0.1, 0.15) is 0 Å². The Morgan fingerprint density at radius 2 is 2.00 bits per heavy atom. The molecule has 1 saturated heterocycles. The Labute approximate surface area is 177 Å². The number of guanidine groups is 1. The first kappa shape index (κ1) is 20.4. The van der Waals surface area contributed by atoms with Crippen LogP contribution in [0.4, 0.5) is 0 Å². The summed E-state index contributed by atoms with van der Waals surface area (Å²) in [6.45, 7) is 4.12. The van der Waals surface area contributed by atoms with Crippen LogP contribution in [0.1, 0.15) is 70.2 Å². The number of rotatable bonds is 9. The normalized spacial score (nSPS) is 16.6. The van der Waals surface area contributed by atoms with Gasteiger partial charge in [-0.1, -0.05) is 56.3 Å². The van der Waals surface area contributed by atoms with Gasteiger partial charge >= 0.3 is 5.96 Å². The van der Waals surface area contributed by atoms with Gasteiger partial charge in [-0.25, -0.2) is 0 Å². The molecule has 160 valence electrons. The zero-order valence-corrected chi connectivity index (χ0v) is 17.9. The van der Waals surface area contributed by atoms with Crippen LogP contribution in [0.2, 0.25) is 0 Å². The van der Waals surface area contributed by atoms with Crippen molar-refractivity contribution in [2.45, 2.75) is 70.9 Å². The summed E-state index contributed by atoms with van der Waals surface area (Å²) in [6.07, 6.45) is 11.9. The maximum absolute atomic E-state index is 5.82. The molecule has 0 amide bonds. The zero-order valence-electron chi connectivity index (χ0n) is 17.9. The number of aryl methyl sites for hydroxylation is 1. The van der Waals surface area contributed by atoms with E-state index in [0.717, 1.165) is 36.9 Å². The molecule has 2 aromatic heterocycles. The van der Waals surface area contributed by atoms with Gasteiger partial charge < -0.3 is 9.09 Å². The number of fused-ring (bicyclic) bond motifs is 1. The third-order valence-corrected chi connectivity index (χ3v) is 6.12. The molecule has 3 heterocycles. The first-order valence-electron chi connectivity index (χ1n) is 11.3. The van der Waals surface area contributed by atoms with Crippen LogP contribution in [0.3, 0.4) is 0 Å². The predicted molar refractivity (Wildman–Crippen MR) is 119 cm³/mol. The number of nitrogens with zero attached hydrogens (tertiary/aromatic N) is 4. The summed E-state index contributed by atoms with van der Waals surface area (Å²) < 4.78 is 9.89. The van der Waals surface area contributed by atoms with Crippen molar-refractivity contribution in [1.29, 1.82) is 0 Å². The maximum atomic E-state index is 5.82. The Kier molecular flexibility index (Phi) is 6.35. The summed E-state index contributed by atoms with van der Waals surface area (Å²) in [5.74, 6) is 1.51. The minimum absolute atomic E-state index is 0.0345. The van der Waals surface area contributed by atoms with E-state index in [2.05, 4.69) is 47.1 Å². The van der Waals surface area contributed by atoms with Crippen molar-refractivity contribution in [3.05, 3.63) is 36.4 Å². The highest BCUT2D eigenvalue weighted by molar-refractivity contribution is 5.93. The van der Waals surface area contributed by atoms with E-state index in [0.29, 0.717) is 17.7 Å². The molecular weight excluding hydrogens is 376 g/mol. The molecule has 0 spiro atoms. The SMILES string of the molecule is CCCCCCCCn1ccc2c(-c3noc([C@@H]4CCC[N+]4=C(N)N)n3)cccc21. The van der Waals surface area contributed by atoms with Gasteiger partial charge in [0.2, 0.25) is 5.82 Å². The molecule has 1 aliphatic heterocycles. The Morgan fingerprint density at radius 1 is 1.17 bits per heavy atom. The smallest absolute Gasteiger partial charge is 0.341 e. The van der Waals surface area contributed by atoms with Crippen molar-refractivity contribution >= 4 is 16.9 Å². The van der Waals surface area contributed by atoms with Crippen molar-refractivity contribution in [2.24, 2.45) is 11.5 Å². The van der Waals surface area contributed by atoms with E-state index < -0.39 is 0 Å². The van der Waals surface area contributed by atoms with Crippen molar-refractivity contribution in [3.8, 4) is 11.4 Å². The summed E-state index contributed by atoms with van der Waals surface area (Å²) in [5.41, 5.74) is 13.9. The second-order valence-electron chi connectivity index (χ2n) is 8.25. The quantitative estimate of drug-likeness (QED) is 0.314. The highest BCUT2D eigenvalue weighted by Gasteiger charge is 2.31. The number of benzene rings is 1. The molecule has 3 aromatic rings. The van der Waals surface area contributed by atoms with Gasteiger partial charge in [0.05, 0.1) is 6.54 Å². The van der Waals surface area contributed by atoms with E-state index in [1.165, 1.54) is 44.0 Å². The molecule has 1 atom stereocenters. The lowest BCUT2D eigenvalue weighted by Crippen LogP contribution is -2.35. The Morgan fingerprint density at radius 3 is 2.83 bits per heavy atom. The summed E-state index contributed by atoms with van der Waals surface area (Å²) in [4.78, 5) is 4.71. The lowest BCUT2D eigenvalue weighted by Gasteiger charge is -2.07. The Balaban J connectivity index is 1.51. The monoisotopic (exact) mass is 409 g/mol. The van der Waals surface area contributed by atoms with Crippen molar-refractivity contribution in [1.82, 2.24) is 14.7 Å². The number of aromatic nitrogens is 3. The minimum atomic E-state index is -0.0345. The van der Waals surface area contributed by atoms with Crippen molar-refractivity contribution in [3.63, 3.8) is 0 Å². The van der Waals surface area contributed by atoms with Crippen LogP contribution in [0.15, 0.2) is 35.0 Å². The van der Waals surface area contributed by atoms with Gasteiger partial charge in [-0.3, -0.25) is 16.0 Å². The molecule has 0 bridgehead atoms. The van der Waals surface area contributed by atoms with E-state index in [-0.39, 0.29) is 6.04 Å². The molecule has 1 fully saturated rings. The first-order chi connectivity index (χ1) is 14.7. The second kappa shape index (κ2) is 9.32. The van der Waals surface area contributed by atoms with Crippen LogP contribution >= 0.6 is 0 Å². The van der Waals surface area contributed by atoms with E-state index in [4.69, 9.17) is 21.0 Å². The molecule has 0 unspecified atom stereocenters. The Hall–Kier alpha value is -2.83. The maximum Gasteiger partial charge on any atom is 0.341 e. The average Bonchev–Trinajstić information content (AvgIpc) is 3.49. The molecule has 4 rings (SSSR count). The fraction of sp³-hybridized carbons (Fsp3) is 0.522. The van der Waals surface area contributed by atoms with Crippen molar-refractivity contribution < 1.29 is 9.10 Å². The van der Waals surface area contributed by atoms with Gasteiger partial charge in [0.15, 0.2) is 6.04 Å². The van der Waals surface area contributed by atoms with Gasteiger partial charge in [-0.05, 0) is 31.4 Å². The number of unbranched alkanes of at least 4 members (excludes halogenated alkanes) is 5. The minimum Gasteiger partial charge on any atom is -0.347 e. The van der Waals surface area contributed by atoms with Crippen LogP contribution in [0, 0.1) is 0 Å². The molecule has 0 saturated carbocycles. The second-order valence-corrected chi connectivity index (χ2v) is 8.25. The first-order valence-corrected chi connectivity index (χ1v) is 11.3. The predicted octanol–water partition coefficient (Wildman–Crippen LogP) is 4.17. The molecule has 1 aliphatic rings. The van der Waals surface area contributed by atoms with E-state index in [1.54, 1.807) is 0 Å². The van der Waals surface area contributed by atoms with Crippen LogP contribution in [-0.2, 0) is 6.54 Å². The van der Waals surface area contributed by atoms with E-state index in [9.17, 15) is 0 Å². The van der Waals surface area contributed by atoms with Gasteiger partial charge in [0, 0.05) is 29.2 Å². The van der Waals surface area contributed by atoms with E-state index in [1.807, 2.05) is 4.58 Å². The zero-order chi connectivity index (χ0) is 20.9. The van der Waals surface area contributed by atoms with Crippen molar-refractivity contribution in [2.75, 3.05) is 6.54 Å². The topological polar surface area (TPSA) is 98.9 Å². The average molecular weight is 410 g/mol. The fourth-order valence-corrected chi connectivity index (χ4v) is 4.49. The fourth-order valence-electron chi connectivity index (χ4n) is 4.49. The van der Waals surface area contributed by atoms with Crippen LogP contribution < -0.4 is 11.5 Å². The molecule has 1 aromatic carbocycles. The molecule has 0 radical (unpaired) electrons. The molecule has 30 heavy (non-hydrogen) atoms. The summed E-state index contributed by atoms with van der Waals surface area (Å²) in [5, 5.41) is 5.43. The van der Waals surface area contributed by atoms with Crippen LogP contribution in [0.5, 0.6) is 0 Å². The van der Waals surface area contributed by atoms with Crippen LogP contribution in [-0.4, -0.2) is 31.8 Å². The third kappa shape index (κ3) is 4.20. The van der Waals surface area contributed by atoms with Gasteiger partial charge in [-0.15, -0.1) is 0 Å². The summed E-state index contributed by atoms with van der Waals surface area (Å²) in [6, 6.07) is 8.42. The largest absolute Gasteiger partial charge is 0.347 e. The van der Waals surface area contributed by atoms with Crippen LogP contribution in [0.25, 0.3) is 22.3 Å². The molecule has 0 aliphatic carbocycles. The molecule has 7 heteroatoms. The van der Waals surface area contributed by atoms with Gasteiger partial charge in [-0.2, -0.15) is 4.98 Å². The highest BCUT2D eigenvalue weighted by atomic mass is 16.5. The summed E-state index contributed by atoms with van der Waals surface area (Å²) in [7, 11) is 0. The molecular formula is C23H33N6O+. The van der Waals surface area contributed by atoms with Gasteiger partial charge in [0.25, 0.3) is 5.89 Å². The lowest BCUT2D eigenvalue weighted by molar-refractivity contribution is -0.555. The molecule has 4 N–H and O–H groups in total. The third-order valence-electron chi connectivity index (χ3n) is 6.12. The lowest BCUT2D eigenvalue weighted by atomic mass is 10.1. The van der Waals surface area contributed by atoms with E-state index >= 15 is 0 Å². The standard InChI is InChI=1S/C23H32N6O/c1-2-3-4-5-6-7-14-28-16-13-17-18(10-8-11-19(17)28)21-26-22(30-27-21)20-12-9-15-29(20)23(24)25/h8,10-11,13,16,20H,2-7,9,12,14-15H2,1H3,(H3,24,25)/p+1/t20-/m0/s1. The highest BCUT2D eigenvalue weighted by Crippen LogP contribution is 2.31. The summed E-state index contributed by atoms with van der Waals surface area (Å²) >= 11 is 0. The number of hydrogen-bond donors (Lipinski definition) is 2. The number of nitrogens with two attached hydrogens (primary N) is 2.